The SMILES string of the molecule is CCN(CC)C(=O)COc1ccc(C(F)(F)F)cc1C1CCNCC1.Cl. The lowest BCUT2D eigenvalue weighted by Crippen LogP contribution is -2.34. The number of hydrogen-bond acceptors (Lipinski definition) is 3. The molecule has 1 heterocycles. The lowest BCUT2D eigenvalue weighted by atomic mass is 9.88. The van der Waals surface area contributed by atoms with E-state index in [2.05, 4.69) is 5.32 Å². The topological polar surface area (TPSA) is 41.6 Å². The van der Waals surface area contributed by atoms with Crippen LogP contribution >= 0.6 is 12.4 Å². The lowest BCUT2D eigenvalue weighted by molar-refractivity contribution is -0.138. The van der Waals surface area contributed by atoms with Gasteiger partial charge >= 0.3 is 6.18 Å². The molecule has 0 aliphatic carbocycles. The van der Waals surface area contributed by atoms with E-state index in [9.17, 15) is 18.0 Å². The monoisotopic (exact) mass is 394 g/mol. The zero-order valence-corrected chi connectivity index (χ0v) is 15.9. The average molecular weight is 395 g/mol. The van der Waals surface area contributed by atoms with Gasteiger partial charge in [-0.05, 0) is 69.5 Å². The van der Waals surface area contributed by atoms with E-state index >= 15 is 0 Å². The molecule has 1 aromatic rings. The van der Waals surface area contributed by atoms with Gasteiger partial charge in [0.2, 0.25) is 0 Å². The van der Waals surface area contributed by atoms with E-state index in [1.165, 1.54) is 12.1 Å². The summed E-state index contributed by atoms with van der Waals surface area (Å²) in [5, 5.41) is 3.21. The average Bonchev–Trinajstić information content (AvgIpc) is 2.61. The number of amides is 1. The van der Waals surface area contributed by atoms with Gasteiger partial charge in [-0.2, -0.15) is 13.2 Å². The summed E-state index contributed by atoms with van der Waals surface area (Å²) in [5.41, 5.74) is -0.132. The molecule has 0 unspecified atom stereocenters. The van der Waals surface area contributed by atoms with E-state index in [4.69, 9.17) is 4.74 Å². The number of nitrogens with zero attached hydrogens (tertiary/aromatic N) is 1. The highest BCUT2D eigenvalue weighted by molar-refractivity contribution is 5.85. The minimum absolute atomic E-state index is 0. The molecule has 2 rings (SSSR count). The molecule has 0 atom stereocenters. The molecule has 1 saturated heterocycles. The number of nitrogens with one attached hydrogen (secondary N) is 1. The van der Waals surface area contributed by atoms with Crippen molar-refractivity contribution in [1.82, 2.24) is 10.2 Å². The first kappa shape index (κ1) is 22.6. The summed E-state index contributed by atoms with van der Waals surface area (Å²) in [6.45, 7) is 6.27. The van der Waals surface area contributed by atoms with Crippen LogP contribution in [0.3, 0.4) is 0 Å². The number of alkyl halides is 3. The summed E-state index contributed by atoms with van der Waals surface area (Å²) < 4.78 is 44.8. The Morgan fingerprint density at radius 3 is 2.38 bits per heavy atom. The Morgan fingerprint density at radius 2 is 1.85 bits per heavy atom. The molecule has 1 N–H and O–H groups in total. The van der Waals surface area contributed by atoms with Crippen LogP contribution in [0.4, 0.5) is 13.2 Å². The van der Waals surface area contributed by atoms with Gasteiger partial charge in [-0.3, -0.25) is 4.79 Å². The number of piperidine rings is 1. The Kier molecular flexibility index (Phi) is 8.70. The van der Waals surface area contributed by atoms with Gasteiger partial charge in [0, 0.05) is 13.1 Å². The maximum Gasteiger partial charge on any atom is 0.416 e. The van der Waals surface area contributed by atoms with Crippen LogP contribution in [-0.4, -0.2) is 43.6 Å². The normalized spacial score (nSPS) is 15.3. The third kappa shape index (κ3) is 5.77. The van der Waals surface area contributed by atoms with E-state index in [-0.39, 0.29) is 30.8 Å². The third-order valence-electron chi connectivity index (χ3n) is 4.58. The van der Waals surface area contributed by atoms with E-state index in [1.54, 1.807) is 4.90 Å². The Bertz CT molecular complexity index is 586. The molecule has 0 aromatic heterocycles. The van der Waals surface area contributed by atoms with E-state index in [1.807, 2.05) is 13.8 Å². The van der Waals surface area contributed by atoms with Crippen molar-refractivity contribution in [3.8, 4) is 5.75 Å². The number of ether oxygens (including phenoxy) is 1. The van der Waals surface area contributed by atoms with Crippen molar-refractivity contribution in [2.45, 2.75) is 38.8 Å². The summed E-state index contributed by atoms with van der Waals surface area (Å²) in [7, 11) is 0. The van der Waals surface area contributed by atoms with Gasteiger partial charge in [0.05, 0.1) is 5.56 Å². The van der Waals surface area contributed by atoms with Crippen molar-refractivity contribution in [3.63, 3.8) is 0 Å². The number of carbonyl (C=O) groups is 1. The highest BCUT2D eigenvalue weighted by Crippen LogP contribution is 2.38. The summed E-state index contributed by atoms with van der Waals surface area (Å²) in [6, 6.07) is 3.53. The molecule has 0 spiro atoms. The van der Waals surface area contributed by atoms with Gasteiger partial charge in [-0.15, -0.1) is 12.4 Å². The number of benzene rings is 1. The minimum Gasteiger partial charge on any atom is -0.483 e. The maximum atomic E-state index is 13.1. The summed E-state index contributed by atoms with van der Waals surface area (Å²) in [6.07, 6.45) is -2.89. The second-order valence-corrected chi connectivity index (χ2v) is 6.13. The molecule has 4 nitrogen and oxygen atoms in total. The Balaban J connectivity index is 0.00000338. The van der Waals surface area contributed by atoms with Gasteiger partial charge < -0.3 is 15.0 Å². The third-order valence-corrected chi connectivity index (χ3v) is 4.58. The summed E-state index contributed by atoms with van der Waals surface area (Å²) in [5.74, 6) is 0.212. The molecular formula is C18H26ClF3N2O2. The first-order chi connectivity index (χ1) is 11.9. The Morgan fingerprint density at radius 1 is 1.23 bits per heavy atom. The highest BCUT2D eigenvalue weighted by Gasteiger charge is 2.32. The van der Waals surface area contributed by atoms with E-state index in [0.29, 0.717) is 24.4 Å². The van der Waals surface area contributed by atoms with Gasteiger partial charge in [-0.25, -0.2) is 0 Å². The van der Waals surface area contributed by atoms with Gasteiger partial charge in [-0.1, -0.05) is 0 Å². The molecule has 148 valence electrons. The van der Waals surface area contributed by atoms with Crippen molar-refractivity contribution in [3.05, 3.63) is 29.3 Å². The molecular weight excluding hydrogens is 369 g/mol. The molecule has 1 aliphatic rings. The molecule has 1 aliphatic heterocycles. The van der Waals surface area contributed by atoms with Crippen LogP contribution in [-0.2, 0) is 11.0 Å². The fourth-order valence-corrected chi connectivity index (χ4v) is 3.12. The standard InChI is InChI=1S/C18H25F3N2O2.ClH/c1-3-23(4-2)17(24)12-25-16-6-5-14(18(19,20)21)11-15(16)13-7-9-22-10-8-13;/h5-6,11,13,22H,3-4,7-10,12H2,1-2H3;1H. The van der Waals surface area contributed by atoms with Crippen molar-refractivity contribution < 1.29 is 22.7 Å². The fraction of sp³-hybridized carbons (Fsp3) is 0.611. The van der Waals surface area contributed by atoms with Gasteiger partial charge in [0.1, 0.15) is 5.75 Å². The number of hydrogen-bond donors (Lipinski definition) is 1. The predicted octanol–water partition coefficient (Wildman–Crippen LogP) is 3.84. The second kappa shape index (κ2) is 10.0. The second-order valence-electron chi connectivity index (χ2n) is 6.13. The van der Waals surface area contributed by atoms with Crippen molar-refractivity contribution in [2.75, 3.05) is 32.8 Å². The largest absolute Gasteiger partial charge is 0.483 e. The fourth-order valence-electron chi connectivity index (χ4n) is 3.12. The maximum absolute atomic E-state index is 13.1. The number of carbonyl (C=O) groups excluding carboxylic acids is 1. The summed E-state index contributed by atoms with van der Waals surface area (Å²) in [4.78, 5) is 13.7. The molecule has 1 amide bonds. The molecule has 1 fully saturated rings. The Hall–Kier alpha value is -1.47. The Labute approximate surface area is 158 Å². The molecule has 0 saturated carbocycles. The van der Waals surface area contributed by atoms with Crippen molar-refractivity contribution in [2.24, 2.45) is 0 Å². The quantitative estimate of drug-likeness (QED) is 0.797. The number of halogens is 4. The molecule has 1 aromatic carbocycles. The predicted molar refractivity (Wildman–Crippen MR) is 97.0 cm³/mol. The van der Waals surface area contributed by atoms with Crippen LogP contribution in [0.5, 0.6) is 5.75 Å². The van der Waals surface area contributed by atoms with Crippen molar-refractivity contribution >= 4 is 18.3 Å². The van der Waals surface area contributed by atoms with Gasteiger partial charge in [0.15, 0.2) is 6.61 Å². The van der Waals surface area contributed by atoms with E-state index in [0.717, 1.165) is 32.0 Å². The first-order valence-corrected chi connectivity index (χ1v) is 8.69. The van der Waals surface area contributed by atoms with Gasteiger partial charge in [0.25, 0.3) is 5.91 Å². The van der Waals surface area contributed by atoms with Crippen LogP contribution in [0.25, 0.3) is 0 Å². The van der Waals surface area contributed by atoms with Crippen LogP contribution in [0.2, 0.25) is 0 Å². The lowest BCUT2D eigenvalue weighted by Gasteiger charge is -2.26. The smallest absolute Gasteiger partial charge is 0.416 e. The van der Waals surface area contributed by atoms with Crippen LogP contribution < -0.4 is 10.1 Å². The molecule has 26 heavy (non-hydrogen) atoms. The van der Waals surface area contributed by atoms with Crippen LogP contribution in [0, 0.1) is 0 Å². The summed E-state index contributed by atoms with van der Waals surface area (Å²) >= 11 is 0. The zero-order valence-electron chi connectivity index (χ0n) is 15.1. The molecule has 0 radical (unpaired) electrons. The number of rotatable bonds is 6. The van der Waals surface area contributed by atoms with Crippen LogP contribution in [0.1, 0.15) is 43.7 Å². The molecule has 0 bridgehead atoms. The zero-order chi connectivity index (χ0) is 18.4. The first-order valence-electron chi connectivity index (χ1n) is 8.69. The van der Waals surface area contributed by atoms with Crippen LogP contribution in [0.15, 0.2) is 18.2 Å². The van der Waals surface area contributed by atoms with Crippen molar-refractivity contribution in [1.29, 1.82) is 0 Å². The number of likely N-dealkylation sites (N-methyl/N-ethyl adjacent to an activating group) is 1. The minimum atomic E-state index is -4.39. The highest BCUT2D eigenvalue weighted by atomic mass is 35.5. The van der Waals surface area contributed by atoms with E-state index < -0.39 is 11.7 Å². The molecule has 8 heteroatoms.